The van der Waals surface area contributed by atoms with Crippen molar-refractivity contribution < 1.29 is 9.90 Å². The Hall–Kier alpha value is -2.10. The number of fused-ring (bicyclic) bond motifs is 1. The molecule has 0 unspecified atom stereocenters. The van der Waals surface area contributed by atoms with E-state index in [1.807, 2.05) is 0 Å². The second-order valence-corrected chi connectivity index (χ2v) is 3.72. The first-order chi connectivity index (χ1) is 7.52. The van der Waals surface area contributed by atoms with Crippen molar-refractivity contribution in [2.75, 3.05) is 0 Å². The smallest absolute Gasteiger partial charge is 0.336 e. The number of aromatic carboxylic acids is 1. The monoisotopic (exact) mass is 217 g/mol. The number of hydrogen-bond acceptors (Lipinski definition) is 2. The van der Waals surface area contributed by atoms with Crippen LogP contribution in [0.1, 0.15) is 16.1 Å². The highest BCUT2D eigenvalue weighted by molar-refractivity contribution is 6.03. The Morgan fingerprint density at radius 3 is 2.62 bits per heavy atom. The zero-order chi connectivity index (χ0) is 11.9. The van der Waals surface area contributed by atoms with Crippen molar-refractivity contribution in [2.24, 2.45) is 7.05 Å². The largest absolute Gasteiger partial charge is 0.478 e. The molecule has 1 aromatic heterocycles. The van der Waals surface area contributed by atoms with Crippen molar-refractivity contribution in [3.8, 4) is 0 Å². The SMILES string of the molecule is Cc1cc2c(C(=O)O)cccc2c(=O)n1C. The van der Waals surface area contributed by atoms with E-state index in [2.05, 4.69) is 0 Å². The van der Waals surface area contributed by atoms with E-state index < -0.39 is 5.97 Å². The molecule has 4 heteroatoms. The van der Waals surface area contributed by atoms with Crippen LogP contribution in [0.15, 0.2) is 29.1 Å². The van der Waals surface area contributed by atoms with Gasteiger partial charge in [0.2, 0.25) is 0 Å². The summed E-state index contributed by atoms with van der Waals surface area (Å²) in [6, 6.07) is 6.45. The van der Waals surface area contributed by atoms with Gasteiger partial charge in [-0.3, -0.25) is 4.79 Å². The molecular weight excluding hydrogens is 206 g/mol. The number of pyridine rings is 1. The molecule has 1 N–H and O–H groups in total. The third-order valence-corrected chi connectivity index (χ3v) is 2.75. The van der Waals surface area contributed by atoms with Gasteiger partial charge in [-0.05, 0) is 25.1 Å². The summed E-state index contributed by atoms with van der Waals surface area (Å²) in [5.41, 5.74) is 0.739. The molecule has 0 radical (unpaired) electrons. The van der Waals surface area contributed by atoms with E-state index in [4.69, 9.17) is 5.11 Å². The number of benzene rings is 1. The highest BCUT2D eigenvalue weighted by Crippen LogP contribution is 2.16. The highest BCUT2D eigenvalue weighted by Gasteiger charge is 2.11. The predicted molar refractivity (Wildman–Crippen MR) is 60.9 cm³/mol. The molecule has 0 aliphatic rings. The van der Waals surface area contributed by atoms with Crippen molar-refractivity contribution >= 4 is 16.7 Å². The van der Waals surface area contributed by atoms with Crippen molar-refractivity contribution in [2.45, 2.75) is 6.92 Å². The number of hydrogen-bond donors (Lipinski definition) is 1. The lowest BCUT2D eigenvalue weighted by Gasteiger charge is -2.07. The number of aromatic nitrogens is 1. The van der Waals surface area contributed by atoms with Gasteiger partial charge in [0.25, 0.3) is 5.56 Å². The Morgan fingerprint density at radius 2 is 2.00 bits per heavy atom. The standard InChI is InChI=1S/C12H11NO3/c1-7-6-10-8(11(14)13(7)2)4-3-5-9(10)12(15)16/h3-6H,1-2H3,(H,15,16). The van der Waals surface area contributed by atoms with Gasteiger partial charge < -0.3 is 9.67 Å². The van der Waals surface area contributed by atoms with Crippen LogP contribution in [0.25, 0.3) is 10.8 Å². The number of carbonyl (C=O) groups is 1. The summed E-state index contributed by atoms with van der Waals surface area (Å²) in [6.07, 6.45) is 0. The van der Waals surface area contributed by atoms with Crippen LogP contribution in [0.2, 0.25) is 0 Å². The third-order valence-electron chi connectivity index (χ3n) is 2.75. The molecule has 0 spiro atoms. The second-order valence-electron chi connectivity index (χ2n) is 3.72. The first kappa shape index (κ1) is 10.4. The fourth-order valence-electron chi connectivity index (χ4n) is 1.74. The molecule has 1 aromatic carbocycles. The minimum atomic E-state index is -1.02. The fourth-order valence-corrected chi connectivity index (χ4v) is 1.74. The molecule has 0 atom stereocenters. The number of aryl methyl sites for hydroxylation is 1. The quantitative estimate of drug-likeness (QED) is 0.788. The van der Waals surface area contributed by atoms with E-state index in [9.17, 15) is 9.59 Å². The lowest BCUT2D eigenvalue weighted by atomic mass is 10.1. The summed E-state index contributed by atoms with van der Waals surface area (Å²) in [4.78, 5) is 22.9. The molecule has 0 saturated heterocycles. The molecule has 0 fully saturated rings. The van der Waals surface area contributed by atoms with Gasteiger partial charge in [-0.2, -0.15) is 0 Å². The molecule has 16 heavy (non-hydrogen) atoms. The first-order valence-electron chi connectivity index (χ1n) is 4.85. The van der Waals surface area contributed by atoms with Gasteiger partial charge in [0, 0.05) is 23.5 Å². The molecule has 2 rings (SSSR count). The molecule has 0 amide bonds. The van der Waals surface area contributed by atoms with E-state index in [0.29, 0.717) is 10.8 Å². The van der Waals surface area contributed by atoms with E-state index >= 15 is 0 Å². The summed E-state index contributed by atoms with van der Waals surface area (Å²) in [7, 11) is 1.67. The maximum atomic E-state index is 11.9. The molecule has 0 bridgehead atoms. The second kappa shape index (κ2) is 3.48. The Balaban J connectivity index is 3.01. The average molecular weight is 217 g/mol. The lowest BCUT2D eigenvalue weighted by molar-refractivity contribution is 0.0699. The average Bonchev–Trinajstić information content (AvgIpc) is 2.25. The Morgan fingerprint density at radius 1 is 1.31 bits per heavy atom. The minimum Gasteiger partial charge on any atom is -0.478 e. The maximum absolute atomic E-state index is 11.9. The van der Waals surface area contributed by atoms with Crippen LogP contribution in [0, 0.1) is 6.92 Å². The molecule has 0 aliphatic carbocycles. The molecule has 1 heterocycles. The summed E-state index contributed by atoms with van der Waals surface area (Å²) >= 11 is 0. The van der Waals surface area contributed by atoms with Crippen LogP contribution in [0.4, 0.5) is 0 Å². The van der Waals surface area contributed by atoms with Crippen LogP contribution in [0.3, 0.4) is 0 Å². The molecule has 0 saturated carbocycles. The normalized spacial score (nSPS) is 10.6. The summed E-state index contributed by atoms with van der Waals surface area (Å²) in [6.45, 7) is 1.78. The van der Waals surface area contributed by atoms with E-state index in [-0.39, 0.29) is 11.1 Å². The van der Waals surface area contributed by atoms with E-state index in [1.165, 1.54) is 10.6 Å². The van der Waals surface area contributed by atoms with E-state index in [0.717, 1.165) is 5.69 Å². The van der Waals surface area contributed by atoms with Crippen molar-refractivity contribution in [1.82, 2.24) is 4.57 Å². The minimum absolute atomic E-state index is 0.165. The number of rotatable bonds is 1. The van der Waals surface area contributed by atoms with Gasteiger partial charge in [0.1, 0.15) is 0 Å². The predicted octanol–water partition coefficient (Wildman–Crippen LogP) is 1.55. The zero-order valence-electron chi connectivity index (χ0n) is 9.02. The highest BCUT2D eigenvalue weighted by atomic mass is 16.4. The molecule has 2 aromatic rings. The van der Waals surface area contributed by atoms with Gasteiger partial charge in [-0.15, -0.1) is 0 Å². The van der Waals surface area contributed by atoms with Crippen molar-refractivity contribution in [3.05, 3.63) is 45.9 Å². The number of carboxylic acid groups (broad SMARTS) is 1. The lowest BCUT2D eigenvalue weighted by Crippen LogP contribution is -2.19. The first-order valence-corrected chi connectivity index (χ1v) is 4.85. The maximum Gasteiger partial charge on any atom is 0.336 e. The molecule has 0 aliphatic heterocycles. The van der Waals surface area contributed by atoms with Crippen molar-refractivity contribution in [3.63, 3.8) is 0 Å². The summed E-state index contributed by atoms with van der Waals surface area (Å²) < 4.78 is 1.51. The van der Waals surface area contributed by atoms with E-state index in [1.54, 1.807) is 32.2 Å². The van der Waals surface area contributed by atoms with Crippen molar-refractivity contribution in [1.29, 1.82) is 0 Å². The van der Waals surface area contributed by atoms with Crippen LogP contribution in [-0.2, 0) is 7.05 Å². The molecule has 82 valence electrons. The Labute approximate surface area is 91.8 Å². The van der Waals surface area contributed by atoms with Gasteiger partial charge in [-0.25, -0.2) is 4.79 Å². The van der Waals surface area contributed by atoms with Gasteiger partial charge in [-0.1, -0.05) is 6.07 Å². The summed E-state index contributed by atoms with van der Waals surface area (Å²) in [5.74, 6) is -1.02. The fraction of sp³-hybridized carbons (Fsp3) is 0.167. The zero-order valence-corrected chi connectivity index (χ0v) is 9.02. The molecule has 4 nitrogen and oxygen atoms in total. The van der Waals surface area contributed by atoms with Gasteiger partial charge in [0.15, 0.2) is 0 Å². The number of nitrogens with zero attached hydrogens (tertiary/aromatic N) is 1. The van der Waals surface area contributed by atoms with Crippen LogP contribution < -0.4 is 5.56 Å². The number of carboxylic acids is 1. The van der Waals surface area contributed by atoms with Gasteiger partial charge in [0.05, 0.1) is 5.56 Å². The van der Waals surface area contributed by atoms with Gasteiger partial charge >= 0.3 is 5.97 Å². The molecular formula is C12H11NO3. The topological polar surface area (TPSA) is 59.3 Å². The van der Waals surface area contributed by atoms with Crippen LogP contribution in [0.5, 0.6) is 0 Å². The third kappa shape index (κ3) is 1.39. The van der Waals surface area contributed by atoms with Crippen LogP contribution in [-0.4, -0.2) is 15.6 Å². The Kier molecular flexibility index (Phi) is 2.27. The Bertz CT molecular complexity index is 640. The summed E-state index contributed by atoms with van der Waals surface area (Å²) in [5, 5.41) is 9.96. The van der Waals surface area contributed by atoms with Crippen LogP contribution >= 0.6 is 0 Å².